The molecule has 2 aromatic heterocycles. The Labute approximate surface area is 181 Å². The summed E-state index contributed by atoms with van der Waals surface area (Å²) in [4.78, 5) is 28.0. The second-order valence-electron chi connectivity index (χ2n) is 8.14. The molecule has 2 aromatic rings. The zero-order valence-corrected chi connectivity index (χ0v) is 17.6. The highest BCUT2D eigenvalue weighted by atomic mass is 16.6. The van der Waals surface area contributed by atoms with Crippen LogP contribution in [0, 0.1) is 0 Å². The lowest BCUT2D eigenvalue weighted by Crippen LogP contribution is -2.35. The van der Waals surface area contributed by atoms with E-state index in [0.29, 0.717) is 6.61 Å². The number of amides is 1. The van der Waals surface area contributed by atoms with Gasteiger partial charge in [-0.15, -0.1) is 0 Å². The summed E-state index contributed by atoms with van der Waals surface area (Å²) < 4.78 is 7.34. The maximum absolute atomic E-state index is 12.5. The summed E-state index contributed by atoms with van der Waals surface area (Å²) in [6.07, 6.45) is 18.0. The van der Waals surface area contributed by atoms with Crippen molar-refractivity contribution in [3.8, 4) is 0 Å². The third-order valence-electron chi connectivity index (χ3n) is 6.13. The smallest absolute Gasteiger partial charge is 0.415 e. The molecule has 7 heteroatoms. The normalized spacial score (nSPS) is 24.3. The van der Waals surface area contributed by atoms with Crippen molar-refractivity contribution >= 4 is 28.9 Å². The van der Waals surface area contributed by atoms with Crippen molar-refractivity contribution in [1.29, 1.82) is 0 Å². The maximum Gasteiger partial charge on any atom is 0.415 e. The van der Waals surface area contributed by atoms with Crippen molar-refractivity contribution in [3.63, 3.8) is 0 Å². The second-order valence-corrected chi connectivity index (χ2v) is 8.14. The number of carbonyl (C=O) groups is 1. The number of anilines is 1. The topological polar surface area (TPSA) is 71.6 Å². The Kier molecular flexibility index (Phi) is 5.65. The average Bonchev–Trinajstić information content (AvgIpc) is 3.43. The molecular weight excluding hydrogens is 390 g/mol. The number of nitrogens with zero attached hydrogens (tertiary/aromatic N) is 5. The summed E-state index contributed by atoms with van der Waals surface area (Å²) in [6, 6.07) is 3.81. The minimum Gasteiger partial charge on any atom is -0.447 e. The van der Waals surface area contributed by atoms with Crippen molar-refractivity contribution in [1.82, 2.24) is 9.38 Å². The van der Waals surface area contributed by atoms with E-state index < -0.39 is 0 Å². The van der Waals surface area contributed by atoms with E-state index in [-0.39, 0.29) is 12.1 Å². The number of cyclic esters (lactones) is 1. The van der Waals surface area contributed by atoms with Crippen LogP contribution >= 0.6 is 0 Å². The van der Waals surface area contributed by atoms with Crippen LogP contribution in [0.25, 0.3) is 5.65 Å². The van der Waals surface area contributed by atoms with Crippen LogP contribution in [0.3, 0.4) is 0 Å². The Hall–Kier alpha value is -3.22. The van der Waals surface area contributed by atoms with Gasteiger partial charge in [-0.2, -0.15) is 0 Å². The lowest BCUT2D eigenvalue weighted by Gasteiger charge is -2.26. The van der Waals surface area contributed by atoms with Gasteiger partial charge in [0.1, 0.15) is 12.3 Å². The van der Waals surface area contributed by atoms with Crippen molar-refractivity contribution in [2.45, 2.75) is 44.6 Å². The zero-order chi connectivity index (χ0) is 21.0. The Balaban J connectivity index is 1.23. The van der Waals surface area contributed by atoms with Crippen LogP contribution in [0.1, 0.15) is 38.5 Å². The summed E-state index contributed by atoms with van der Waals surface area (Å²) in [7, 11) is 0. The lowest BCUT2D eigenvalue weighted by atomic mass is 9.92. The first kappa shape index (κ1) is 19.7. The molecule has 1 aliphatic heterocycles. The molecule has 1 unspecified atom stereocenters. The van der Waals surface area contributed by atoms with Gasteiger partial charge in [-0.05, 0) is 49.8 Å². The number of rotatable bonds is 5. The highest BCUT2D eigenvalue weighted by Gasteiger charge is 2.37. The minimum absolute atomic E-state index is 0.0593. The van der Waals surface area contributed by atoms with Crippen LogP contribution in [-0.4, -0.2) is 52.6 Å². The number of fused-ring (bicyclic) bond motifs is 1. The summed E-state index contributed by atoms with van der Waals surface area (Å²) >= 11 is 0. The summed E-state index contributed by atoms with van der Waals surface area (Å²) in [6.45, 7) is 1.90. The highest BCUT2D eigenvalue weighted by Crippen LogP contribution is 2.31. The van der Waals surface area contributed by atoms with Gasteiger partial charge in [-0.25, -0.2) is 9.78 Å². The van der Waals surface area contributed by atoms with Crippen LogP contribution in [0.5, 0.6) is 0 Å². The SMILES string of the molecule is O=C1OCC(C2=CCC(=NCCN=C3C=CCCC3)CC2)N1c1ccn2ccnc2c1. The van der Waals surface area contributed by atoms with E-state index in [4.69, 9.17) is 9.73 Å². The fourth-order valence-electron chi connectivity index (χ4n) is 4.45. The van der Waals surface area contributed by atoms with Gasteiger partial charge in [-0.3, -0.25) is 14.9 Å². The predicted octanol–water partition coefficient (Wildman–Crippen LogP) is 4.39. The quantitative estimate of drug-likeness (QED) is 0.535. The van der Waals surface area contributed by atoms with E-state index in [1.165, 1.54) is 29.8 Å². The summed E-state index contributed by atoms with van der Waals surface area (Å²) in [5, 5.41) is 0. The number of imidazole rings is 1. The fraction of sp³-hybridized carbons (Fsp3) is 0.417. The molecule has 2 aliphatic carbocycles. The third kappa shape index (κ3) is 4.31. The molecule has 31 heavy (non-hydrogen) atoms. The molecule has 0 spiro atoms. The highest BCUT2D eigenvalue weighted by molar-refractivity contribution is 5.95. The first-order chi connectivity index (χ1) is 15.3. The molecule has 0 radical (unpaired) electrons. The molecule has 0 saturated carbocycles. The molecule has 1 fully saturated rings. The van der Waals surface area contributed by atoms with Gasteiger partial charge in [-0.1, -0.05) is 12.2 Å². The Morgan fingerprint density at radius 3 is 2.94 bits per heavy atom. The first-order valence-corrected chi connectivity index (χ1v) is 11.1. The number of pyridine rings is 1. The number of aromatic nitrogens is 2. The van der Waals surface area contributed by atoms with E-state index in [1.54, 1.807) is 11.1 Å². The van der Waals surface area contributed by atoms with Crippen molar-refractivity contribution in [3.05, 3.63) is 54.5 Å². The number of allylic oxidation sites excluding steroid dienone is 3. The fourth-order valence-corrected chi connectivity index (χ4v) is 4.45. The third-order valence-corrected chi connectivity index (χ3v) is 6.13. The van der Waals surface area contributed by atoms with Crippen LogP contribution < -0.4 is 4.90 Å². The summed E-state index contributed by atoms with van der Waals surface area (Å²) in [5.41, 5.74) is 5.31. The van der Waals surface area contributed by atoms with Crippen LogP contribution in [0.2, 0.25) is 0 Å². The predicted molar refractivity (Wildman–Crippen MR) is 122 cm³/mol. The van der Waals surface area contributed by atoms with Crippen molar-refractivity contribution < 1.29 is 9.53 Å². The van der Waals surface area contributed by atoms with Gasteiger partial charge in [0.2, 0.25) is 0 Å². The molecule has 1 saturated heterocycles. The lowest BCUT2D eigenvalue weighted by molar-refractivity contribution is 0.179. The number of carbonyl (C=O) groups excluding carboxylic acids is 1. The molecule has 5 rings (SSSR count). The largest absolute Gasteiger partial charge is 0.447 e. The van der Waals surface area contributed by atoms with Gasteiger partial charge in [0.25, 0.3) is 0 Å². The number of ether oxygens (including phenoxy) is 1. The van der Waals surface area contributed by atoms with Gasteiger partial charge in [0.15, 0.2) is 0 Å². The van der Waals surface area contributed by atoms with Gasteiger partial charge in [0, 0.05) is 42.5 Å². The Morgan fingerprint density at radius 1 is 1.16 bits per heavy atom. The van der Waals surface area contributed by atoms with E-state index in [1.807, 2.05) is 28.9 Å². The van der Waals surface area contributed by atoms with E-state index >= 15 is 0 Å². The van der Waals surface area contributed by atoms with Crippen molar-refractivity contribution in [2.24, 2.45) is 9.98 Å². The molecule has 160 valence electrons. The van der Waals surface area contributed by atoms with E-state index in [2.05, 4.69) is 28.2 Å². The molecule has 1 amide bonds. The number of hydrogen-bond donors (Lipinski definition) is 0. The molecule has 3 heterocycles. The molecule has 0 N–H and O–H groups in total. The standard InChI is InChI=1S/C24H27N5O2/c30-24-29(21-10-14-28-15-13-27-23(28)16-21)22(17-31-24)18-6-8-20(9-7-18)26-12-11-25-19-4-2-1-3-5-19/h2,4,6,10,13-16,22H,1,3,5,7-9,11-12,17H2. The summed E-state index contributed by atoms with van der Waals surface area (Å²) in [5.74, 6) is 0. The molecule has 0 aromatic carbocycles. The van der Waals surface area contributed by atoms with E-state index in [0.717, 1.165) is 50.1 Å². The van der Waals surface area contributed by atoms with Crippen LogP contribution in [-0.2, 0) is 4.74 Å². The molecule has 7 nitrogen and oxygen atoms in total. The Bertz CT molecular complexity index is 1090. The molecule has 1 atom stereocenters. The van der Waals surface area contributed by atoms with E-state index in [9.17, 15) is 4.79 Å². The van der Waals surface area contributed by atoms with Gasteiger partial charge >= 0.3 is 6.09 Å². The number of hydrogen-bond acceptors (Lipinski definition) is 5. The molecule has 3 aliphatic rings. The molecule has 0 bridgehead atoms. The average molecular weight is 418 g/mol. The van der Waals surface area contributed by atoms with Crippen LogP contribution in [0.4, 0.5) is 10.5 Å². The maximum atomic E-state index is 12.5. The Morgan fingerprint density at radius 2 is 2.10 bits per heavy atom. The zero-order valence-electron chi connectivity index (χ0n) is 17.6. The van der Waals surface area contributed by atoms with Crippen LogP contribution in [0.15, 0.2) is 64.5 Å². The van der Waals surface area contributed by atoms with Crippen molar-refractivity contribution in [2.75, 3.05) is 24.6 Å². The van der Waals surface area contributed by atoms with Gasteiger partial charge < -0.3 is 9.14 Å². The molecular formula is C24H27N5O2. The number of aliphatic imine (C=N–C) groups is 2. The first-order valence-electron chi connectivity index (χ1n) is 11.1. The van der Waals surface area contributed by atoms with Gasteiger partial charge in [0.05, 0.1) is 24.8 Å². The second kappa shape index (κ2) is 8.88. The minimum atomic E-state index is -0.294. The monoisotopic (exact) mass is 417 g/mol.